The summed E-state index contributed by atoms with van der Waals surface area (Å²) in [4.78, 5) is 12.7. The Morgan fingerprint density at radius 1 is 1.18 bits per heavy atom. The van der Waals surface area contributed by atoms with E-state index in [1.54, 1.807) is 20.5 Å². The summed E-state index contributed by atoms with van der Waals surface area (Å²) in [5.74, 6) is 2.58. The van der Waals surface area contributed by atoms with E-state index in [2.05, 4.69) is 36.3 Å². The number of hydrogen-bond donors (Lipinski definition) is 2. The maximum Gasteiger partial charge on any atom is 0.193 e. The van der Waals surface area contributed by atoms with Crippen LogP contribution in [0, 0.1) is 0 Å². The van der Waals surface area contributed by atoms with Gasteiger partial charge in [0.1, 0.15) is 17.8 Å². The summed E-state index contributed by atoms with van der Waals surface area (Å²) in [7, 11) is 5.20. The van der Waals surface area contributed by atoms with Gasteiger partial charge in [0.15, 0.2) is 5.96 Å². The summed E-state index contributed by atoms with van der Waals surface area (Å²) in [5, 5.41) is 8.60. The molecule has 180 valence electrons. The molecule has 0 saturated carbocycles. The molecule has 9 nitrogen and oxygen atoms in total. The number of aromatic nitrogens is 2. The topological polar surface area (TPSA) is 91.2 Å². The minimum absolute atomic E-state index is 0. The molecule has 2 N–H and O–H groups in total. The zero-order valence-corrected chi connectivity index (χ0v) is 21.8. The van der Waals surface area contributed by atoms with Gasteiger partial charge in [-0.15, -0.1) is 24.0 Å². The lowest BCUT2D eigenvalue weighted by Crippen LogP contribution is -2.52. The number of aliphatic imine (C=N–C) groups is 1. The third kappa shape index (κ3) is 6.32. The van der Waals surface area contributed by atoms with Crippen molar-refractivity contribution in [2.45, 2.75) is 19.4 Å². The first-order valence-corrected chi connectivity index (χ1v) is 11.0. The Morgan fingerprint density at radius 2 is 2.00 bits per heavy atom. The highest BCUT2D eigenvalue weighted by molar-refractivity contribution is 14.0. The number of ether oxygens (including phenoxy) is 2. The number of benzene rings is 1. The van der Waals surface area contributed by atoms with Crippen molar-refractivity contribution < 1.29 is 14.0 Å². The number of fused-ring (bicyclic) bond motifs is 1. The normalized spacial score (nSPS) is 14.9. The summed E-state index contributed by atoms with van der Waals surface area (Å²) in [6, 6.07) is 8.00. The molecule has 3 aromatic rings. The molecule has 1 aliphatic heterocycles. The molecule has 33 heavy (non-hydrogen) atoms. The smallest absolute Gasteiger partial charge is 0.193 e. The molecule has 0 amide bonds. The third-order valence-electron chi connectivity index (χ3n) is 5.85. The Kier molecular flexibility index (Phi) is 9.24. The zero-order valence-electron chi connectivity index (χ0n) is 19.5. The number of piperazine rings is 1. The van der Waals surface area contributed by atoms with Crippen molar-refractivity contribution in [3.8, 4) is 11.5 Å². The number of nitrogens with zero attached hydrogens (tertiary/aromatic N) is 4. The Labute approximate surface area is 211 Å². The number of hydrogen-bond acceptors (Lipinski definition) is 6. The molecular formula is C23H33IN6O3. The van der Waals surface area contributed by atoms with Gasteiger partial charge in [-0.05, 0) is 18.9 Å². The van der Waals surface area contributed by atoms with Gasteiger partial charge >= 0.3 is 0 Å². The molecule has 4 rings (SSSR count). The summed E-state index contributed by atoms with van der Waals surface area (Å²) in [6.45, 7) is 5.54. The number of halogens is 1. The zero-order chi connectivity index (χ0) is 22.3. The fourth-order valence-corrected chi connectivity index (χ4v) is 4.14. The van der Waals surface area contributed by atoms with Crippen molar-refractivity contribution in [2.75, 3.05) is 54.0 Å². The minimum Gasteiger partial charge on any atom is -0.497 e. The van der Waals surface area contributed by atoms with Crippen LogP contribution in [0.15, 0.2) is 40.0 Å². The number of aryl methyl sites for hydroxylation is 1. The molecule has 0 bridgehead atoms. The molecule has 1 saturated heterocycles. The van der Waals surface area contributed by atoms with E-state index in [0.29, 0.717) is 0 Å². The largest absolute Gasteiger partial charge is 0.497 e. The van der Waals surface area contributed by atoms with Gasteiger partial charge < -0.3 is 29.2 Å². The summed E-state index contributed by atoms with van der Waals surface area (Å²) in [6.07, 6.45) is 3.56. The number of aromatic amines is 1. The molecule has 1 aliphatic rings. The van der Waals surface area contributed by atoms with Crippen LogP contribution in [-0.2, 0) is 13.0 Å². The van der Waals surface area contributed by atoms with E-state index in [0.717, 1.165) is 86.2 Å². The second kappa shape index (κ2) is 12.1. The van der Waals surface area contributed by atoms with E-state index in [-0.39, 0.29) is 24.0 Å². The predicted octanol–water partition coefficient (Wildman–Crippen LogP) is 3.12. The molecule has 0 unspecified atom stereocenters. The first-order chi connectivity index (χ1) is 15.7. The van der Waals surface area contributed by atoms with Crippen molar-refractivity contribution in [1.29, 1.82) is 0 Å². The molecule has 2 aromatic heterocycles. The summed E-state index contributed by atoms with van der Waals surface area (Å²) >= 11 is 0. The lowest BCUT2D eigenvalue weighted by Gasteiger charge is -2.36. The van der Waals surface area contributed by atoms with Gasteiger partial charge in [0, 0.05) is 75.6 Å². The Balaban J connectivity index is 0.00000306. The number of methoxy groups -OCH3 is 2. The first kappa shape index (κ1) is 25.2. The number of rotatable bonds is 8. The lowest BCUT2D eigenvalue weighted by molar-refractivity contribution is 0.169. The van der Waals surface area contributed by atoms with E-state index in [1.807, 2.05) is 25.2 Å². The fourth-order valence-electron chi connectivity index (χ4n) is 4.14. The van der Waals surface area contributed by atoms with E-state index >= 15 is 0 Å². The van der Waals surface area contributed by atoms with E-state index in [1.165, 1.54) is 5.69 Å². The first-order valence-electron chi connectivity index (χ1n) is 11.0. The van der Waals surface area contributed by atoms with Gasteiger partial charge in [-0.25, -0.2) is 0 Å². The number of nitrogens with one attached hydrogen (secondary N) is 2. The molecule has 1 fully saturated rings. The van der Waals surface area contributed by atoms with Gasteiger partial charge in [0.05, 0.1) is 25.4 Å². The Morgan fingerprint density at radius 3 is 2.67 bits per heavy atom. The quantitative estimate of drug-likeness (QED) is 0.187. The second-order valence-corrected chi connectivity index (χ2v) is 7.92. The van der Waals surface area contributed by atoms with Crippen LogP contribution in [-0.4, -0.2) is 79.9 Å². The predicted molar refractivity (Wildman–Crippen MR) is 140 cm³/mol. The van der Waals surface area contributed by atoms with E-state index in [9.17, 15) is 0 Å². The lowest BCUT2D eigenvalue weighted by atomic mass is 10.2. The second-order valence-electron chi connectivity index (χ2n) is 7.92. The molecule has 0 atom stereocenters. The SMILES string of the molecule is CN=C(NCCCc1cc2c(OC)cc(OC)cc2[nH]1)N1CCN(Cc2ccon2)CC1.I. The molecule has 0 aliphatic carbocycles. The van der Waals surface area contributed by atoms with Gasteiger partial charge in [-0.1, -0.05) is 5.16 Å². The van der Waals surface area contributed by atoms with Crippen molar-refractivity contribution in [3.05, 3.63) is 41.9 Å². The Bertz CT molecular complexity index is 1030. The fraction of sp³-hybridized carbons (Fsp3) is 0.478. The van der Waals surface area contributed by atoms with E-state index < -0.39 is 0 Å². The molecule has 10 heteroatoms. The molecular weight excluding hydrogens is 535 g/mol. The van der Waals surface area contributed by atoms with Crippen molar-refractivity contribution in [3.63, 3.8) is 0 Å². The maximum absolute atomic E-state index is 5.51. The number of H-pyrrole nitrogens is 1. The van der Waals surface area contributed by atoms with Crippen molar-refractivity contribution in [1.82, 2.24) is 25.3 Å². The molecule has 0 radical (unpaired) electrons. The Hall–Kier alpha value is -2.47. The maximum atomic E-state index is 5.51. The van der Waals surface area contributed by atoms with Gasteiger partial charge in [0.2, 0.25) is 0 Å². The minimum atomic E-state index is 0. The molecule has 1 aromatic carbocycles. The monoisotopic (exact) mass is 568 g/mol. The van der Waals surface area contributed by atoms with Crippen molar-refractivity contribution in [2.24, 2.45) is 4.99 Å². The number of guanidine groups is 1. The van der Waals surface area contributed by atoms with Crippen molar-refractivity contribution >= 4 is 40.8 Å². The van der Waals surface area contributed by atoms with Crippen LogP contribution >= 0.6 is 24.0 Å². The van der Waals surface area contributed by atoms with Gasteiger partial charge in [0.25, 0.3) is 0 Å². The van der Waals surface area contributed by atoms with Crippen LogP contribution in [0.5, 0.6) is 11.5 Å². The van der Waals surface area contributed by atoms with Crippen LogP contribution in [0.1, 0.15) is 17.8 Å². The average Bonchev–Trinajstić information content (AvgIpc) is 3.48. The van der Waals surface area contributed by atoms with Crippen LogP contribution < -0.4 is 14.8 Å². The van der Waals surface area contributed by atoms with Gasteiger partial charge in [-0.2, -0.15) is 0 Å². The van der Waals surface area contributed by atoms with Crippen LogP contribution in [0.3, 0.4) is 0 Å². The van der Waals surface area contributed by atoms with Gasteiger partial charge in [-0.3, -0.25) is 9.89 Å². The van der Waals surface area contributed by atoms with E-state index in [4.69, 9.17) is 14.0 Å². The average molecular weight is 568 g/mol. The molecule has 3 heterocycles. The highest BCUT2D eigenvalue weighted by Crippen LogP contribution is 2.31. The highest BCUT2D eigenvalue weighted by Gasteiger charge is 2.20. The summed E-state index contributed by atoms with van der Waals surface area (Å²) in [5.41, 5.74) is 3.20. The standard InChI is InChI=1S/C23H32N6O3.HI/c1-24-23(29-10-8-28(9-11-29)16-18-6-12-32-27-18)25-7-4-5-17-13-20-21(26-17)14-19(30-2)15-22(20)31-3;/h6,12-15,26H,4-5,7-11,16H2,1-3H3,(H,24,25);1H. The van der Waals surface area contributed by atoms with Crippen LogP contribution in [0.25, 0.3) is 10.9 Å². The highest BCUT2D eigenvalue weighted by atomic mass is 127. The third-order valence-corrected chi connectivity index (χ3v) is 5.85. The van der Waals surface area contributed by atoms with Crippen LogP contribution in [0.4, 0.5) is 0 Å². The molecule has 0 spiro atoms. The van der Waals surface area contributed by atoms with Crippen LogP contribution in [0.2, 0.25) is 0 Å². The summed E-state index contributed by atoms with van der Waals surface area (Å²) < 4.78 is 15.8.